The molecule has 3 aromatic rings. The smallest absolute Gasteiger partial charge is 0.254 e. The number of amides is 1. The van der Waals surface area contributed by atoms with E-state index in [1.807, 2.05) is 36.5 Å². The van der Waals surface area contributed by atoms with Crippen molar-refractivity contribution in [2.24, 2.45) is 0 Å². The molecule has 0 saturated heterocycles. The number of rotatable bonds is 4. The minimum absolute atomic E-state index is 0.200. The van der Waals surface area contributed by atoms with Crippen molar-refractivity contribution in [3.8, 4) is 5.69 Å². The van der Waals surface area contributed by atoms with Crippen LogP contribution < -0.4 is 5.32 Å². The van der Waals surface area contributed by atoms with E-state index in [0.29, 0.717) is 16.7 Å². The quantitative estimate of drug-likeness (QED) is 0.728. The molecule has 0 aliphatic rings. The number of hydrogen-bond donors (Lipinski definition) is 2. The lowest BCUT2D eigenvalue weighted by atomic mass is 10.2. The molecule has 0 atom stereocenters. The van der Waals surface area contributed by atoms with E-state index in [2.05, 4.69) is 15.4 Å². The van der Waals surface area contributed by atoms with Crippen LogP contribution in [0.3, 0.4) is 0 Å². The zero-order chi connectivity index (χ0) is 15.4. The van der Waals surface area contributed by atoms with Crippen molar-refractivity contribution in [1.82, 2.24) is 20.1 Å². The van der Waals surface area contributed by atoms with Gasteiger partial charge < -0.3 is 10.3 Å². The number of para-hydroxylation sites is 1. The molecule has 110 valence electrons. The van der Waals surface area contributed by atoms with E-state index in [1.165, 1.54) is 0 Å². The van der Waals surface area contributed by atoms with Gasteiger partial charge in [0.15, 0.2) is 0 Å². The predicted molar refractivity (Wildman–Crippen MR) is 86.4 cm³/mol. The largest absolute Gasteiger partial charge is 0.352 e. The van der Waals surface area contributed by atoms with Gasteiger partial charge in [-0.05, 0) is 24.3 Å². The number of pyridine rings is 1. The van der Waals surface area contributed by atoms with Gasteiger partial charge in [0.2, 0.25) is 0 Å². The van der Waals surface area contributed by atoms with E-state index in [1.54, 1.807) is 29.2 Å². The minimum Gasteiger partial charge on any atom is -0.352 e. The minimum atomic E-state index is -0.200. The van der Waals surface area contributed by atoms with Gasteiger partial charge in [0, 0.05) is 24.5 Å². The Morgan fingerprint density at radius 2 is 2.05 bits per heavy atom. The number of carbonyl (C=O) groups excluding carboxylic acids is 1. The summed E-state index contributed by atoms with van der Waals surface area (Å²) in [6.45, 7) is 0.398. The van der Waals surface area contributed by atoms with Crippen LogP contribution >= 0.6 is 12.2 Å². The Morgan fingerprint density at radius 3 is 2.82 bits per heavy atom. The molecule has 0 spiro atoms. The molecule has 0 bridgehead atoms. The summed E-state index contributed by atoms with van der Waals surface area (Å²) in [6, 6.07) is 13.2. The first-order valence-corrected chi connectivity index (χ1v) is 7.20. The van der Waals surface area contributed by atoms with Gasteiger partial charge in [0.05, 0.1) is 17.4 Å². The zero-order valence-corrected chi connectivity index (χ0v) is 12.5. The number of nitrogens with one attached hydrogen (secondary N) is 2. The molecule has 0 aliphatic carbocycles. The summed E-state index contributed by atoms with van der Waals surface area (Å²) >= 11 is 5.09. The van der Waals surface area contributed by atoms with Crippen LogP contribution in [0.15, 0.2) is 61.1 Å². The van der Waals surface area contributed by atoms with E-state index >= 15 is 0 Å². The SMILES string of the molecule is O=C(NCc1cnn(-c2ccccc2)c1)c1ccc[nH]c1=S. The van der Waals surface area contributed by atoms with Crippen LogP contribution in [0.5, 0.6) is 0 Å². The number of benzene rings is 1. The molecule has 22 heavy (non-hydrogen) atoms. The number of nitrogens with zero attached hydrogens (tertiary/aromatic N) is 2. The van der Waals surface area contributed by atoms with E-state index in [4.69, 9.17) is 12.2 Å². The van der Waals surface area contributed by atoms with Crippen LogP contribution in [0, 0.1) is 4.64 Å². The summed E-state index contributed by atoms with van der Waals surface area (Å²) < 4.78 is 2.20. The molecule has 0 unspecified atom stereocenters. The molecule has 2 heterocycles. The lowest BCUT2D eigenvalue weighted by molar-refractivity contribution is 0.0950. The number of H-pyrrole nitrogens is 1. The van der Waals surface area contributed by atoms with Gasteiger partial charge in [-0.25, -0.2) is 4.68 Å². The molecular formula is C16H14N4OS. The first-order valence-electron chi connectivity index (χ1n) is 6.79. The molecule has 0 aliphatic heterocycles. The summed E-state index contributed by atoms with van der Waals surface area (Å²) in [6.07, 6.45) is 5.32. The second-order valence-electron chi connectivity index (χ2n) is 4.72. The normalized spacial score (nSPS) is 10.4. The summed E-state index contributed by atoms with van der Waals surface area (Å²) in [5.74, 6) is -0.200. The Bertz CT molecular complexity index is 838. The van der Waals surface area contributed by atoms with E-state index < -0.39 is 0 Å². The van der Waals surface area contributed by atoms with Crippen LogP contribution in [-0.4, -0.2) is 20.7 Å². The summed E-state index contributed by atoms with van der Waals surface area (Å²) in [7, 11) is 0. The Labute approximate surface area is 132 Å². The first-order chi connectivity index (χ1) is 10.7. The highest BCUT2D eigenvalue weighted by Gasteiger charge is 2.08. The van der Waals surface area contributed by atoms with Crippen molar-refractivity contribution >= 4 is 18.1 Å². The van der Waals surface area contributed by atoms with Crippen molar-refractivity contribution < 1.29 is 4.79 Å². The van der Waals surface area contributed by atoms with Gasteiger partial charge in [-0.15, -0.1) is 0 Å². The van der Waals surface area contributed by atoms with Gasteiger partial charge in [0.1, 0.15) is 4.64 Å². The number of hydrogen-bond acceptors (Lipinski definition) is 3. The fourth-order valence-electron chi connectivity index (χ4n) is 2.05. The van der Waals surface area contributed by atoms with Crippen molar-refractivity contribution in [2.75, 3.05) is 0 Å². The molecule has 1 aromatic carbocycles. The third-order valence-electron chi connectivity index (χ3n) is 3.17. The van der Waals surface area contributed by atoms with Crippen LogP contribution in [0.4, 0.5) is 0 Å². The van der Waals surface area contributed by atoms with Crippen LogP contribution in [-0.2, 0) is 6.54 Å². The number of aromatic nitrogens is 3. The second-order valence-corrected chi connectivity index (χ2v) is 5.13. The van der Waals surface area contributed by atoms with Gasteiger partial charge in [0.25, 0.3) is 5.91 Å². The average molecular weight is 310 g/mol. The highest BCUT2D eigenvalue weighted by atomic mass is 32.1. The zero-order valence-electron chi connectivity index (χ0n) is 11.7. The monoisotopic (exact) mass is 310 g/mol. The molecule has 2 N–H and O–H groups in total. The van der Waals surface area contributed by atoms with Crippen molar-refractivity contribution in [1.29, 1.82) is 0 Å². The Kier molecular flexibility index (Phi) is 4.11. The van der Waals surface area contributed by atoms with Crippen LogP contribution in [0.1, 0.15) is 15.9 Å². The maximum absolute atomic E-state index is 12.1. The molecule has 0 saturated carbocycles. The summed E-state index contributed by atoms with van der Waals surface area (Å²) in [4.78, 5) is 14.9. The van der Waals surface area contributed by atoms with Crippen LogP contribution in [0.2, 0.25) is 0 Å². The summed E-state index contributed by atoms with van der Waals surface area (Å²) in [5, 5.41) is 7.14. The summed E-state index contributed by atoms with van der Waals surface area (Å²) in [5.41, 5.74) is 2.36. The Hall–Kier alpha value is -2.73. The molecule has 6 heteroatoms. The number of carbonyl (C=O) groups is 1. The predicted octanol–water partition coefficient (Wildman–Crippen LogP) is 2.86. The van der Waals surface area contributed by atoms with E-state index in [-0.39, 0.29) is 5.91 Å². The molecule has 5 nitrogen and oxygen atoms in total. The molecule has 0 radical (unpaired) electrons. The standard InChI is InChI=1S/C16H14N4OS/c21-15(14-7-4-8-17-16(14)22)18-9-12-10-19-20(11-12)13-5-2-1-3-6-13/h1-8,10-11H,9H2,(H,17,22)(H,18,21). The Balaban J connectivity index is 1.68. The third kappa shape index (κ3) is 3.12. The first kappa shape index (κ1) is 14.2. The van der Waals surface area contributed by atoms with Gasteiger partial charge in [-0.3, -0.25) is 4.79 Å². The number of aromatic amines is 1. The van der Waals surface area contributed by atoms with E-state index in [9.17, 15) is 4.79 Å². The van der Waals surface area contributed by atoms with Gasteiger partial charge in [-0.1, -0.05) is 30.4 Å². The maximum atomic E-state index is 12.1. The second kappa shape index (κ2) is 6.36. The fourth-order valence-corrected chi connectivity index (χ4v) is 2.28. The topological polar surface area (TPSA) is 62.7 Å². The molecule has 0 fully saturated rings. The molecular weight excluding hydrogens is 296 g/mol. The highest BCUT2D eigenvalue weighted by Crippen LogP contribution is 2.08. The lowest BCUT2D eigenvalue weighted by Crippen LogP contribution is -2.23. The van der Waals surface area contributed by atoms with Crippen LogP contribution in [0.25, 0.3) is 5.69 Å². The highest BCUT2D eigenvalue weighted by molar-refractivity contribution is 7.71. The van der Waals surface area contributed by atoms with Gasteiger partial charge >= 0.3 is 0 Å². The van der Waals surface area contributed by atoms with Gasteiger partial charge in [-0.2, -0.15) is 5.10 Å². The fraction of sp³-hybridized carbons (Fsp3) is 0.0625. The average Bonchev–Trinajstić information content (AvgIpc) is 3.03. The maximum Gasteiger partial charge on any atom is 0.254 e. The van der Waals surface area contributed by atoms with Crippen molar-refractivity contribution in [3.05, 3.63) is 76.8 Å². The lowest BCUT2D eigenvalue weighted by Gasteiger charge is -2.03. The molecule has 3 rings (SSSR count). The third-order valence-corrected chi connectivity index (χ3v) is 3.51. The molecule has 1 amide bonds. The van der Waals surface area contributed by atoms with Crippen molar-refractivity contribution in [2.45, 2.75) is 6.54 Å². The van der Waals surface area contributed by atoms with E-state index in [0.717, 1.165) is 11.3 Å². The van der Waals surface area contributed by atoms with Crippen molar-refractivity contribution in [3.63, 3.8) is 0 Å². The Morgan fingerprint density at radius 1 is 1.23 bits per heavy atom. The molecule has 2 aromatic heterocycles.